The number of aromatic nitrogens is 4. The first-order valence-corrected chi connectivity index (χ1v) is 9.92. The van der Waals surface area contributed by atoms with Gasteiger partial charge < -0.3 is 15.5 Å². The van der Waals surface area contributed by atoms with Gasteiger partial charge in [-0.3, -0.25) is 18.7 Å². The van der Waals surface area contributed by atoms with E-state index in [9.17, 15) is 14.4 Å². The minimum absolute atomic E-state index is 0. The number of nitrogens with one attached hydrogen (secondary N) is 1. The van der Waals surface area contributed by atoms with Crippen molar-refractivity contribution in [2.75, 3.05) is 13.7 Å². The molecular formula is C19H31Cl2N5O4. The minimum atomic E-state index is -0.388. The first-order valence-electron chi connectivity index (χ1n) is 9.92. The quantitative estimate of drug-likeness (QED) is 0.476. The Morgan fingerprint density at radius 3 is 2.47 bits per heavy atom. The van der Waals surface area contributed by atoms with Crippen molar-refractivity contribution < 1.29 is 9.53 Å². The Labute approximate surface area is 187 Å². The van der Waals surface area contributed by atoms with Crippen molar-refractivity contribution >= 4 is 41.9 Å². The molecule has 0 unspecified atom stereocenters. The minimum Gasteiger partial charge on any atom is -0.469 e. The number of H-pyrrole nitrogens is 1. The van der Waals surface area contributed by atoms with Gasteiger partial charge in [0.25, 0.3) is 5.56 Å². The lowest BCUT2D eigenvalue weighted by Gasteiger charge is -2.26. The first kappa shape index (κ1) is 26.2. The van der Waals surface area contributed by atoms with Crippen molar-refractivity contribution in [3.63, 3.8) is 0 Å². The van der Waals surface area contributed by atoms with Crippen molar-refractivity contribution in [3.05, 3.63) is 26.7 Å². The molecule has 0 aromatic carbocycles. The van der Waals surface area contributed by atoms with Gasteiger partial charge in [0.1, 0.15) is 11.3 Å². The third-order valence-corrected chi connectivity index (χ3v) is 5.80. The molecule has 0 bridgehead atoms. The van der Waals surface area contributed by atoms with Crippen molar-refractivity contribution in [1.29, 1.82) is 0 Å². The van der Waals surface area contributed by atoms with Gasteiger partial charge in [-0.25, -0.2) is 9.78 Å². The van der Waals surface area contributed by atoms with E-state index in [-0.39, 0.29) is 60.9 Å². The zero-order chi connectivity index (χ0) is 20.3. The van der Waals surface area contributed by atoms with Gasteiger partial charge in [-0.05, 0) is 51.0 Å². The lowest BCUT2D eigenvalue weighted by molar-refractivity contribution is -0.140. The maximum Gasteiger partial charge on any atom is 0.332 e. The number of carbonyl (C=O) groups excluding carboxylic acids is 1. The number of aryl methyl sites for hydroxylation is 1. The van der Waals surface area contributed by atoms with E-state index in [2.05, 4.69) is 14.7 Å². The van der Waals surface area contributed by atoms with Gasteiger partial charge in [0.15, 0.2) is 5.65 Å². The Bertz CT molecular complexity index is 960. The number of aromatic amines is 1. The molecule has 0 aliphatic heterocycles. The molecule has 0 radical (unpaired) electrons. The number of nitrogens with zero attached hydrogens (tertiary/aromatic N) is 3. The average Bonchev–Trinajstić information content (AvgIpc) is 3.17. The van der Waals surface area contributed by atoms with Crippen LogP contribution in [0.5, 0.6) is 0 Å². The molecule has 170 valence electrons. The fourth-order valence-corrected chi connectivity index (χ4v) is 3.97. The molecule has 1 aliphatic carbocycles. The fourth-order valence-electron chi connectivity index (χ4n) is 3.97. The number of hydrogen-bond donors (Lipinski definition) is 2. The predicted molar refractivity (Wildman–Crippen MR) is 120 cm³/mol. The highest BCUT2D eigenvalue weighted by molar-refractivity contribution is 5.85. The SMILES string of the molecule is COC(=O)CCCCn1c(=O)c2[nH]c([C@H]3CC[C@H](CN)CC3)nc2n(C)c1=O.Cl.Cl. The van der Waals surface area contributed by atoms with E-state index in [1.165, 1.54) is 16.2 Å². The third-order valence-electron chi connectivity index (χ3n) is 5.80. The molecule has 1 saturated carbocycles. The number of rotatable bonds is 7. The van der Waals surface area contributed by atoms with Crippen LogP contribution in [0.1, 0.15) is 56.7 Å². The van der Waals surface area contributed by atoms with Crippen LogP contribution in [0.15, 0.2) is 9.59 Å². The molecule has 0 amide bonds. The second kappa shape index (κ2) is 11.5. The van der Waals surface area contributed by atoms with E-state index in [1.807, 2.05) is 0 Å². The lowest BCUT2D eigenvalue weighted by atomic mass is 9.82. The standard InChI is InChI=1S/C19H29N5O4.2ClH/c1-23-17-15(21-16(22-17)13-8-6-12(11-20)7-9-13)18(26)24(19(23)27)10-4-3-5-14(25)28-2;;/h12-13H,3-11,20H2,1-2H3,(H,21,22);2*1H/t12-,13-;;. The van der Waals surface area contributed by atoms with Gasteiger partial charge in [0, 0.05) is 25.9 Å². The molecule has 0 spiro atoms. The summed E-state index contributed by atoms with van der Waals surface area (Å²) in [6, 6.07) is 0. The highest BCUT2D eigenvalue weighted by atomic mass is 35.5. The van der Waals surface area contributed by atoms with Crippen LogP contribution in [-0.2, 0) is 23.1 Å². The van der Waals surface area contributed by atoms with Gasteiger partial charge >= 0.3 is 11.7 Å². The van der Waals surface area contributed by atoms with Crippen molar-refractivity contribution in [2.45, 2.75) is 57.4 Å². The van der Waals surface area contributed by atoms with Crippen LogP contribution >= 0.6 is 24.8 Å². The molecule has 11 heteroatoms. The smallest absolute Gasteiger partial charge is 0.332 e. The van der Waals surface area contributed by atoms with Crippen molar-refractivity contribution in [3.8, 4) is 0 Å². The topological polar surface area (TPSA) is 125 Å². The molecule has 2 heterocycles. The molecule has 2 aromatic heterocycles. The number of esters is 1. The van der Waals surface area contributed by atoms with Crippen molar-refractivity contribution in [1.82, 2.24) is 19.1 Å². The summed E-state index contributed by atoms with van der Waals surface area (Å²) in [6.45, 7) is 0.969. The van der Waals surface area contributed by atoms with Gasteiger partial charge in [-0.2, -0.15) is 0 Å². The Hall–Kier alpha value is -1.84. The number of ether oxygens (including phenoxy) is 1. The normalized spacial score (nSPS) is 18.5. The summed E-state index contributed by atoms with van der Waals surface area (Å²) in [4.78, 5) is 44.4. The number of imidazole rings is 1. The largest absolute Gasteiger partial charge is 0.469 e. The van der Waals surface area contributed by atoms with E-state index in [1.54, 1.807) is 7.05 Å². The number of unbranched alkanes of at least 4 members (excludes halogenated alkanes) is 1. The molecule has 1 fully saturated rings. The van der Waals surface area contributed by atoms with Crippen LogP contribution < -0.4 is 17.0 Å². The van der Waals surface area contributed by atoms with Crippen LogP contribution in [0.25, 0.3) is 11.2 Å². The molecular weight excluding hydrogens is 433 g/mol. The van der Waals surface area contributed by atoms with Gasteiger partial charge in [-0.1, -0.05) is 0 Å². The molecule has 2 aromatic rings. The summed E-state index contributed by atoms with van der Waals surface area (Å²) in [7, 11) is 2.97. The average molecular weight is 464 g/mol. The molecule has 0 saturated heterocycles. The summed E-state index contributed by atoms with van der Waals surface area (Å²) in [5, 5.41) is 0. The van der Waals surface area contributed by atoms with E-state index in [0.717, 1.165) is 31.5 Å². The highest BCUT2D eigenvalue weighted by Gasteiger charge is 2.25. The fraction of sp³-hybridized carbons (Fsp3) is 0.684. The second-order valence-electron chi connectivity index (χ2n) is 7.61. The summed E-state index contributed by atoms with van der Waals surface area (Å²) >= 11 is 0. The van der Waals surface area contributed by atoms with E-state index in [4.69, 9.17) is 5.73 Å². The Balaban J connectivity index is 0.00000225. The highest BCUT2D eigenvalue weighted by Crippen LogP contribution is 2.34. The molecule has 3 N–H and O–H groups in total. The number of nitrogens with two attached hydrogens (primary N) is 1. The van der Waals surface area contributed by atoms with Crippen molar-refractivity contribution in [2.24, 2.45) is 18.7 Å². The first-order chi connectivity index (χ1) is 13.5. The maximum absolute atomic E-state index is 12.9. The summed E-state index contributed by atoms with van der Waals surface area (Å²) in [5.41, 5.74) is 5.79. The zero-order valence-electron chi connectivity index (χ0n) is 17.4. The van der Waals surface area contributed by atoms with Gasteiger partial charge in [0.05, 0.1) is 7.11 Å². The molecule has 0 atom stereocenters. The maximum atomic E-state index is 12.9. The monoisotopic (exact) mass is 463 g/mol. The van der Waals surface area contributed by atoms with Crippen LogP contribution in [0.2, 0.25) is 0 Å². The molecule has 1 aliphatic rings. The van der Waals surface area contributed by atoms with Gasteiger partial charge in [0.2, 0.25) is 0 Å². The number of hydrogen-bond acceptors (Lipinski definition) is 6. The second-order valence-corrected chi connectivity index (χ2v) is 7.61. The predicted octanol–water partition coefficient (Wildman–Crippen LogP) is 1.84. The zero-order valence-corrected chi connectivity index (χ0v) is 19.0. The number of fused-ring (bicyclic) bond motifs is 1. The Kier molecular flexibility index (Phi) is 10.1. The van der Waals surface area contributed by atoms with E-state index < -0.39 is 0 Å². The third kappa shape index (κ3) is 5.44. The van der Waals surface area contributed by atoms with Crippen LogP contribution in [0, 0.1) is 5.92 Å². The summed E-state index contributed by atoms with van der Waals surface area (Å²) in [5.74, 6) is 1.31. The molecule has 3 rings (SSSR count). The van der Waals surface area contributed by atoms with Gasteiger partial charge in [-0.15, -0.1) is 24.8 Å². The van der Waals surface area contributed by atoms with Crippen LogP contribution in [0.4, 0.5) is 0 Å². The van der Waals surface area contributed by atoms with Crippen LogP contribution in [-0.4, -0.2) is 38.7 Å². The lowest BCUT2D eigenvalue weighted by Crippen LogP contribution is -2.39. The van der Waals surface area contributed by atoms with Crippen LogP contribution in [0.3, 0.4) is 0 Å². The summed E-state index contributed by atoms with van der Waals surface area (Å²) in [6.07, 6.45) is 5.45. The number of halogens is 2. The molecule has 9 nitrogen and oxygen atoms in total. The van der Waals surface area contributed by atoms with E-state index in [0.29, 0.717) is 36.5 Å². The number of methoxy groups -OCH3 is 1. The van der Waals surface area contributed by atoms with E-state index >= 15 is 0 Å². The number of carbonyl (C=O) groups is 1. The Morgan fingerprint density at radius 1 is 1.20 bits per heavy atom. The Morgan fingerprint density at radius 2 is 1.87 bits per heavy atom. The molecule has 30 heavy (non-hydrogen) atoms. The summed E-state index contributed by atoms with van der Waals surface area (Å²) < 4.78 is 7.24.